The van der Waals surface area contributed by atoms with Crippen LogP contribution in [0.25, 0.3) is 0 Å². The third-order valence-corrected chi connectivity index (χ3v) is 3.30. The predicted octanol–water partition coefficient (Wildman–Crippen LogP) is -1.01. The summed E-state index contributed by atoms with van der Waals surface area (Å²) in [4.78, 5) is 17.1. The molecule has 0 spiro atoms. The zero-order valence-electron chi connectivity index (χ0n) is 7.60. The van der Waals surface area contributed by atoms with Crippen LogP contribution in [0.2, 0.25) is 0 Å². The highest BCUT2D eigenvalue weighted by Crippen LogP contribution is 2.50. The summed E-state index contributed by atoms with van der Waals surface area (Å²) < 4.78 is 0. The maximum atomic E-state index is 10.8. The molecule has 0 amide bonds. The average molecular weight is 192 g/mol. The van der Waals surface area contributed by atoms with Gasteiger partial charge in [0.1, 0.15) is 0 Å². The Morgan fingerprint density at radius 3 is 3.00 bits per heavy atom. The number of H-pyrrole nitrogens is 1. The molecule has 0 bridgehead atoms. The van der Waals surface area contributed by atoms with Crippen molar-refractivity contribution in [3.05, 3.63) is 28.4 Å². The third kappa shape index (κ3) is 1.03. The van der Waals surface area contributed by atoms with Crippen molar-refractivity contribution in [2.75, 3.05) is 6.54 Å². The minimum atomic E-state index is -0.302. The minimum Gasteiger partial charge on any atom is -0.327 e. The molecule has 4 N–H and O–H groups in total. The highest BCUT2D eigenvalue weighted by molar-refractivity contribution is 5.22. The van der Waals surface area contributed by atoms with Crippen LogP contribution >= 0.6 is 0 Å². The molecule has 2 fully saturated rings. The van der Waals surface area contributed by atoms with Gasteiger partial charge in [-0.25, -0.2) is 9.78 Å². The minimum absolute atomic E-state index is 0.277. The van der Waals surface area contributed by atoms with E-state index in [1.165, 1.54) is 0 Å². The van der Waals surface area contributed by atoms with E-state index >= 15 is 0 Å². The van der Waals surface area contributed by atoms with Crippen LogP contribution in [0.1, 0.15) is 11.6 Å². The second-order valence-electron chi connectivity index (χ2n) is 4.06. The summed E-state index contributed by atoms with van der Waals surface area (Å²) in [5.74, 6) is 1.15. The molecule has 1 aliphatic carbocycles. The Bertz CT molecular complexity index is 395. The molecule has 3 rings (SSSR count). The van der Waals surface area contributed by atoms with E-state index in [-0.39, 0.29) is 11.7 Å². The van der Waals surface area contributed by atoms with Gasteiger partial charge in [-0.15, -0.1) is 0 Å². The number of nitrogens with two attached hydrogens (primary N) is 1. The van der Waals surface area contributed by atoms with Crippen LogP contribution in [-0.2, 0) is 0 Å². The summed E-state index contributed by atoms with van der Waals surface area (Å²) in [6, 6.07) is 0.604. The number of rotatable bonds is 1. The first kappa shape index (κ1) is 8.14. The highest BCUT2D eigenvalue weighted by Gasteiger charge is 2.56. The first-order chi connectivity index (χ1) is 6.77. The van der Waals surface area contributed by atoms with Gasteiger partial charge in [0.25, 0.3) is 0 Å². The Labute approximate surface area is 80.7 Å². The summed E-state index contributed by atoms with van der Waals surface area (Å²) in [6.07, 6.45) is 3.35. The topological polar surface area (TPSA) is 83.8 Å². The number of fused-ring (bicyclic) bond motifs is 1. The van der Waals surface area contributed by atoms with Gasteiger partial charge in [0, 0.05) is 36.6 Å². The Morgan fingerprint density at radius 1 is 1.57 bits per heavy atom. The van der Waals surface area contributed by atoms with Crippen molar-refractivity contribution in [2.45, 2.75) is 12.1 Å². The highest BCUT2D eigenvalue weighted by atomic mass is 16.1. The zero-order valence-corrected chi connectivity index (χ0v) is 7.60. The van der Waals surface area contributed by atoms with Crippen molar-refractivity contribution in [1.82, 2.24) is 15.3 Å². The molecular formula is C9H12N4O. The molecule has 1 saturated carbocycles. The first-order valence-electron chi connectivity index (χ1n) is 4.81. The quantitative estimate of drug-likeness (QED) is 0.532. The largest absolute Gasteiger partial charge is 0.344 e. The van der Waals surface area contributed by atoms with Crippen LogP contribution < -0.4 is 16.7 Å². The normalized spacial score (nSPS) is 39.5. The van der Waals surface area contributed by atoms with Gasteiger partial charge in [0.2, 0.25) is 0 Å². The Kier molecular flexibility index (Phi) is 1.54. The molecule has 1 saturated heterocycles. The van der Waals surface area contributed by atoms with Crippen LogP contribution in [0.3, 0.4) is 0 Å². The molecule has 2 heterocycles. The van der Waals surface area contributed by atoms with E-state index in [0.717, 1.165) is 12.1 Å². The summed E-state index contributed by atoms with van der Waals surface area (Å²) in [6.45, 7) is 0.982. The standard InChI is InChI=1S/C9H12N4O/c10-7-5-3-11-8(6(5)7)4-1-12-9(14)13-2-4/h1-2,5-8,11H,3,10H2,(H,12,13,14). The van der Waals surface area contributed by atoms with E-state index in [9.17, 15) is 4.79 Å². The van der Waals surface area contributed by atoms with E-state index in [0.29, 0.717) is 17.9 Å². The first-order valence-corrected chi connectivity index (χ1v) is 4.81. The van der Waals surface area contributed by atoms with Crippen molar-refractivity contribution in [3.8, 4) is 0 Å². The number of piperidine rings is 1. The lowest BCUT2D eigenvalue weighted by molar-refractivity contribution is 0.533. The smallest absolute Gasteiger partial charge is 0.327 e. The summed E-state index contributed by atoms with van der Waals surface area (Å²) >= 11 is 0. The number of aromatic amines is 1. The lowest BCUT2D eigenvalue weighted by Crippen LogP contribution is -2.26. The van der Waals surface area contributed by atoms with E-state index in [1.54, 1.807) is 12.4 Å². The molecular weight excluding hydrogens is 180 g/mol. The van der Waals surface area contributed by atoms with Crippen molar-refractivity contribution in [2.24, 2.45) is 17.6 Å². The molecule has 14 heavy (non-hydrogen) atoms. The van der Waals surface area contributed by atoms with Crippen molar-refractivity contribution in [3.63, 3.8) is 0 Å². The fraction of sp³-hybridized carbons (Fsp3) is 0.556. The predicted molar refractivity (Wildman–Crippen MR) is 50.6 cm³/mol. The van der Waals surface area contributed by atoms with Crippen molar-refractivity contribution in [1.29, 1.82) is 0 Å². The van der Waals surface area contributed by atoms with Gasteiger partial charge in [-0.05, 0) is 11.8 Å². The molecule has 0 aromatic carbocycles. The van der Waals surface area contributed by atoms with E-state index in [4.69, 9.17) is 5.73 Å². The van der Waals surface area contributed by atoms with Gasteiger partial charge < -0.3 is 16.0 Å². The van der Waals surface area contributed by atoms with Crippen molar-refractivity contribution >= 4 is 0 Å². The summed E-state index contributed by atoms with van der Waals surface area (Å²) in [7, 11) is 0. The fourth-order valence-corrected chi connectivity index (χ4v) is 2.43. The molecule has 2 aliphatic rings. The molecule has 1 aromatic rings. The number of hydrogen-bond donors (Lipinski definition) is 3. The maximum absolute atomic E-state index is 10.8. The average Bonchev–Trinajstić information content (AvgIpc) is 2.63. The van der Waals surface area contributed by atoms with Gasteiger partial charge in [0.15, 0.2) is 0 Å². The van der Waals surface area contributed by atoms with Gasteiger partial charge >= 0.3 is 5.69 Å². The van der Waals surface area contributed by atoms with E-state index in [1.807, 2.05) is 0 Å². The zero-order chi connectivity index (χ0) is 9.71. The van der Waals surface area contributed by atoms with Gasteiger partial charge in [-0.1, -0.05) is 0 Å². The molecule has 5 nitrogen and oxygen atoms in total. The number of nitrogens with one attached hydrogen (secondary N) is 2. The summed E-state index contributed by atoms with van der Waals surface area (Å²) in [5, 5.41) is 3.38. The third-order valence-electron chi connectivity index (χ3n) is 3.30. The molecule has 4 atom stereocenters. The van der Waals surface area contributed by atoms with Crippen LogP contribution in [0.4, 0.5) is 0 Å². The number of hydrogen-bond acceptors (Lipinski definition) is 4. The summed E-state index contributed by atoms with van der Waals surface area (Å²) in [5.41, 5.74) is 6.63. The molecule has 0 radical (unpaired) electrons. The molecule has 1 aromatic heterocycles. The van der Waals surface area contributed by atoms with Crippen LogP contribution in [0.5, 0.6) is 0 Å². The number of nitrogens with zero attached hydrogens (tertiary/aromatic N) is 1. The van der Waals surface area contributed by atoms with Gasteiger partial charge in [-0.2, -0.15) is 0 Å². The van der Waals surface area contributed by atoms with Crippen LogP contribution in [0, 0.1) is 11.8 Å². The lowest BCUT2D eigenvalue weighted by Gasteiger charge is -2.13. The molecule has 5 heteroatoms. The Morgan fingerprint density at radius 2 is 2.43 bits per heavy atom. The van der Waals surface area contributed by atoms with Gasteiger partial charge in [-0.3, -0.25) is 0 Å². The monoisotopic (exact) mass is 192 g/mol. The van der Waals surface area contributed by atoms with E-state index in [2.05, 4.69) is 15.3 Å². The number of aromatic nitrogens is 2. The second kappa shape index (κ2) is 2.65. The fourth-order valence-electron chi connectivity index (χ4n) is 2.43. The van der Waals surface area contributed by atoms with Gasteiger partial charge in [0.05, 0.1) is 0 Å². The molecule has 4 unspecified atom stereocenters. The Hall–Kier alpha value is -1.20. The molecule has 1 aliphatic heterocycles. The SMILES string of the molecule is NC1C2CNC(c3cnc(=O)[nH]c3)C12. The Balaban J connectivity index is 1.89. The van der Waals surface area contributed by atoms with E-state index < -0.39 is 0 Å². The second-order valence-corrected chi connectivity index (χ2v) is 4.06. The molecule has 74 valence electrons. The van der Waals surface area contributed by atoms with Crippen molar-refractivity contribution < 1.29 is 0 Å². The van der Waals surface area contributed by atoms with Crippen LogP contribution in [-0.4, -0.2) is 22.6 Å². The van der Waals surface area contributed by atoms with Crippen LogP contribution in [0.15, 0.2) is 17.2 Å². The lowest BCUT2D eigenvalue weighted by atomic mass is 10.1. The maximum Gasteiger partial charge on any atom is 0.344 e.